The van der Waals surface area contributed by atoms with E-state index in [1.807, 2.05) is 26.0 Å². The van der Waals surface area contributed by atoms with Crippen molar-refractivity contribution in [1.29, 1.82) is 0 Å². The summed E-state index contributed by atoms with van der Waals surface area (Å²) in [5.74, 6) is 0.816. The third-order valence-corrected chi connectivity index (χ3v) is 9.88. The first-order chi connectivity index (χ1) is 23.8. The third-order valence-electron chi connectivity index (χ3n) is 9.28. The number of aryl methyl sites for hydroxylation is 5. The summed E-state index contributed by atoms with van der Waals surface area (Å²) in [6.07, 6.45) is 3.37. The van der Waals surface area contributed by atoms with Crippen LogP contribution in [0.2, 0.25) is 5.02 Å². The quantitative estimate of drug-likeness (QED) is 0.0952. The van der Waals surface area contributed by atoms with Crippen molar-refractivity contribution in [3.05, 3.63) is 69.1 Å². The molecule has 0 spiro atoms. The van der Waals surface area contributed by atoms with E-state index < -0.39 is 0 Å². The number of nitrogens with zero attached hydrogens (tertiary/aromatic N) is 4. The highest BCUT2D eigenvalue weighted by atomic mass is 35.5. The number of morpholine rings is 1. The van der Waals surface area contributed by atoms with E-state index in [2.05, 4.69) is 46.2 Å². The van der Waals surface area contributed by atoms with Crippen LogP contribution in [0.25, 0.3) is 22.0 Å². The van der Waals surface area contributed by atoms with E-state index >= 15 is 0 Å². The number of nitrogens with two attached hydrogens (primary N) is 1. The van der Waals surface area contributed by atoms with Gasteiger partial charge in [-0.2, -0.15) is 5.10 Å². The fourth-order valence-electron chi connectivity index (χ4n) is 6.85. The zero-order valence-corrected chi connectivity index (χ0v) is 30.3. The number of carbonyl (C=O) groups is 1. The van der Waals surface area contributed by atoms with E-state index in [9.17, 15) is 4.79 Å². The molecule has 4 aromatic rings. The number of aldehydes is 1. The van der Waals surface area contributed by atoms with Gasteiger partial charge in [0.15, 0.2) is 6.29 Å². The lowest BCUT2D eigenvalue weighted by Crippen LogP contribution is -2.38. The first-order valence-corrected chi connectivity index (χ1v) is 17.9. The van der Waals surface area contributed by atoms with Crippen LogP contribution in [-0.4, -0.2) is 98.0 Å². The molecule has 266 valence electrons. The highest BCUT2D eigenvalue weighted by Gasteiger charge is 2.24. The summed E-state index contributed by atoms with van der Waals surface area (Å²) in [6, 6.07) is 10.4. The van der Waals surface area contributed by atoms with E-state index in [-0.39, 0.29) is 0 Å². The Morgan fingerprint density at radius 1 is 0.939 bits per heavy atom. The first kappa shape index (κ1) is 37.0. The number of carbonyl (C=O) groups excluding carboxylic acids is 1. The second-order valence-corrected chi connectivity index (χ2v) is 13.1. The molecule has 0 bridgehead atoms. The molecule has 10 nitrogen and oxygen atoms in total. The molecule has 2 aromatic heterocycles. The largest absolute Gasteiger partial charge is 0.494 e. The lowest BCUT2D eigenvalue weighted by Gasteiger charge is -2.27. The number of rotatable bonds is 19. The lowest BCUT2D eigenvalue weighted by molar-refractivity contribution is 0.0364. The molecule has 0 amide bonds. The van der Waals surface area contributed by atoms with Crippen LogP contribution in [0.1, 0.15) is 51.4 Å². The van der Waals surface area contributed by atoms with Gasteiger partial charge >= 0.3 is 0 Å². The van der Waals surface area contributed by atoms with Crippen molar-refractivity contribution in [2.24, 2.45) is 5.73 Å². The maximum absolute atomic E-state index is 12.9. The van der Waals surface area contributed by atoms with Crippen LogP contribution in [-0.2, 0) is 33.7 Å². The van der Waals surface area contributed by atoms with Crippen molar-refractivity contribution in [2.45, 2.75) is 60.0 Å². The lowest BCUT2D eigenvalue weighted by atomic mass is 9.98. The Balaban J connectivity index is 1.40. The number of hydrogen-bond donors (Lipinski definition) is 1. The Morgan fingerprint density at radius 3 is 2.39 bits per heavy atom. The average Bonchev–Trinajstić information content (AvgIpc) is 3.57. The Morgan fingerprint density at radius 2 is 1.67 bits per heavy atom. The summed E-state index contributed by atoms with van der Waals surface area (Å²) < 4.78 is 27.2. The highest BCUT2D eigenvalue weighted by Crippen LogP contribution is 2.38. The highest BCUT2D eigenvalue weighted by molar-refractivity contribution is 6.32. The first-order valence-electron chi connectivity index (χ1n) is 17.5. The van der Waals surface area contributed by atoms with E-state index in [1.54, 1.807) is 0 Å². The van der Waals surface area contributed by atoms with Gasteiger partial charge in [-0.1, -0.05) is 29.8 Å². The number of aromatic nitrogens is 3. The molecule has 11 heteroatoms. The molecule has 2 N–H and O–H groups in total. The molecule has 1 aliphatic heterocycles. The molecule has 1 aliphatic rings. The van der Waals surface area contributed by atoms with Gasteiger partial charge in [0.1, 0.15) is 5.75 Å². The number of fused-ring (bicyclic) bond motifs is 1. The molecular formula is C38H52ClN5O5. The third kappa shape index (κ3) is 9.11. The molecular weight excluding hydrogens is 642 g/mol. The van der Waals surface area contributed by atoms with Crippen LogP contribution >= 0.6 is 11.6 Å². The standard InChI is InChI=1S/C38H52ClN5O5/c1-27-24-31(25-28(2)37(27)39)49-18-6-10-32-33-8-5-9-34(38(33)43(35(32)26-45)14-13-42-15-20-48-21-16-42)36-29(3)41-44(30(36)4)12-7-17-46-22-23-47-19-11-40/h5,8-9,24-26H,6-7,10-23,40H2,1-4H3. The molecule has 0 atom stereocenters. The molecule has 3 heterocycles. The zero-order chi connectivity index (χ0) is 34.8. The Labute approximate surface area is 295 Å². The van der Waals surface area contributed by atoms with Gasteiger partial charge in [-0.25, -0.2) is 0 Å². The Hall–Kier alpha value is -3.25. The van der Waals surface area contributed by atoms with Crippen LogP contribution < -0.4 is 10.5 Å². The summed E-state index contributed by atoms with van der Waals surface area (Å²) in [6.45, 7) is 17.1. The van der Waals surface area contributed by atoms with Gasteiger partial charge in [-0.15, -0.1) is 0 Å². The predicted molar refractivity (Wildman–Crippen MR) is 195 cm³/mol. The van der Waals surface area contributed by atoms with Crippen LogP contribution in [0.4, 0.5) is 0 Å². The summed E-state index contributed by atoms with van der Waals surface area (Å²) in [5.41, 5.74) is 14.7. The summed E-state index contributed by atoms with van der Waals surface area (Å²) in [4.78, 5) is 15.3. The van der Waals surface area contributed by atoms with E-state index in [0.717, 1.165) is 132 Å². The van der Waals surface area contributed by atoms with Gasteiger partial charge in [-0.05, 0) is 75.8 Å². The molecule has 0 radical (unpaired) electrons. The number of benzene rings is 2. The maximum atomic E-state index is 12.9. The molecule has 0 saturated carbocycles. The van der Waals surface area contributed by atoms with E-state index in [0.29, 0.717) is 46.1 Å². The summed E-state index contributed by atoms with van der Waals surface area (Å²) in [7, 11) is 0. The number of para-hydroxylation sites is 1. The average molecular weight is 694 g/mol. The maximum Gasteiger partial charge on any atom is 0.166 e. The number of halogens is 1. The summed E-state index contributed by atoms with van der Waals surface area (Å²) in [5, 5.41) is 6.83. The van der Waals surface area contributed by atoms with Crippen molar-refractivity contribution in [1.82, 2.24) is 19.2 Å². The monoisotopic (exact) mass is 693 g/mol. The molecule has 5 rings (SSSR count). The fraction of sp³-hybridized carbons (Fsp3) is 0.526. The smallest absolute Gasteiger partial charge is 0.166 e. The van der Waals surface area contributed by atoms with Crippen LogP contribution in [0.5, 0.6) is 5.75 Å². The minimum atomic E-state index is 0.518. The second-order valence-electron chi connectivity index (χ2n) is 12.7. The van der Waals surface area contributed by atoms with Gasteiger partial charge < -0.3 is 29.2 Å². The van der Waals surface area contributed by atoms with Crippen molar-refractivity contribution >= 4 is 28.8 Å². The van der Waals surface area contributed by atoms with Crippen LogP contribution in [0.15, 0.2) is 30.3 Å². The molecule has 0 aliphatic carbocycles. The Bertz CT molecular complexity index is 1670. The van der Waals surface area contributed by atoms with Gasteiger partial charge in [0.05, 0.1) is 56.5 Å². The van der Waals surface area contributed by atoms with Gasteiger partial charge in [0, 0.05) is 73.1 Å². The van der Waals surface area contributed by atoms with E-state index in [1.165, 1.54) is 0 Å². The molecule has 49 heavy (non-hydrogen) atoms. The topological polar surface area (TPSA) is 106 Å². The van der Waals surface area contributed by atoms with E-state index in [4.69, 9.17) is 41.4 Å². The number of ether oxygens (including phenoxy) is 4. The minimum absolute atomic E-state index is 0.518. The van der Waals surface area contributed by atoms with Crippen molar-refractivity contribution < 1.29 is 23.7 Å². The van der Waals surface area contributed by atoms with Crippen molar-refractivity contribution in [3.8, 4) is 16.9 Å². The zero-order valence-electron chi connectivity index (χ0n) is 29.6. The second kappa shape index (κ2) is 18.1. The molecule has 2 aromatic carbocycles. The molecule has 1 saturated heterocycles. The van der Waals surface area contributed by atoms with Crippen molar-refractivity contribution in [2.75, 3.05) is 72.4 Å². The van der Waals surface area contributed by atoms with Crippen LogP contribution in [0, 0.1) is 27.7 Å². The Kier molecular flexibility index (Phi) is 13.7. The normalized spacial score (nSPS) is 13.8. The molecule has 1 fully saturated rings. The van der Waals surface area contributed by atoms with Gasteiger partial charge in [-0.3, -0.25) is 14.4 Å². The minimum Gasteiger partial charge on any atom is -0.494 e. The molecule has 0 unspecified atom stereocenters. The fourth-order valence-corrected chi connectivity index (χ4v) is 6.96. The SMILES string of the molecule is Cc1cc(OCCCc2c(C=O)n(CCN3CCOCC3)c3c(-c4c(C)nn(CCCOCCOCCN)c4C)cccc23)cc(C)c1Cl. The van der Waals surface area contributed by atoms with Crippen molar-refractivity contribution in [3.63, 3.8) is 0 Å². The summed E-state index contributed by atoms with van der Waals surface area (Å²) >= 11 is 6.37. The van der Waals surface area contributed by atoms with Crippen LogP contribution in [0.3, 0.4) is 0 Å². The van der Waals surface area contributed by atoms with Gasteiger partial charge in [0.25, 0.3) is 0 Å². The number of hydrogen-bond acceptors (Lipinski definition) is 8. The predicted octanol–water partition coefficient (Wildman–Crippen LogP) is 5.93. The van der Waals surface area contributed by atoms with Gasteiger partial charge in [0.2, 0.25) is 0 Å².